The van der Waals surface area contributed by atoms with Crippen molar-refractivity contribution < 1.29 is 22.8 Å². The molecule has 0 aromatic rings. The number of likely N-dealkylation sites (tertiary alicyclic amines) is 1. The number of nitrogens with zero attached hydrogens (tertiary/aromatic N) is 1. The third kappa shape index (κ3) is 3.10. The van der Waals surface area contributed by atoms with Gasteiger partial charge in [0.05, 0.1) is 18.2 Å². The number of sulfone groups is 1. The summed E-state index contributed by atoms with van der Waals surface area (Å²) in [6.45, 7) is 1.14. The lowest BCUT2D eigenvalue weighted by Gasteiger charge is -2.23. The summed E-state index contributed by atoms with van der Waals surface area (Å²) in [5.74, 6) is -2.41. The van der Waals surface area contributed by atoms with E-state index in [2.05, 4.69) is 0 Å². The number of hydrogen-bond acceptors (Lipinski definition) is 6. The zero-order valence-corrected chi connectivity index (χ0v) is 10.4. The van der Waals surface area contributed by atoms with Crippen LogP contribution in [0.3, 0.4) is 0 Å². The third-order valence-corrected chi connectivity index (χ3v) is 3.38. The van der Waals surface area contributed by atoms with Gasteiger partial charge in [0.25, 0.3) is 0 Å². The van der Waals surface area contributed by atoms with E-state index in [1.807, 2.05) is 0 Å². The summed E-state index contributed by atoms with van der Waals surface area (Å²) in [4.78, 5) is 35.1. The van der Waals surface area contributed by atoms with E-state index >= 15 is 0 Å². The van der Waals surface area contributed by atoms with E-state index < -0.39 is 45.3 Å². The Morgan fingerprint density at radius 2 is 2.06 bits per heavy atom. The molecule has 7 nitrogen and oxygen atoms in total. The number of amides is 2. The lowest BCUT2D eigenvalue weighted by Crippen LogP contribution is -2.49. The van der Waals surface area contributed by atoms with Gasteiger partial charge < -0.3 is 5.73 Å². The van der Waals surface area contributed by atoms with Gasteiger partial charge in [-0.15, -0.1) is 0 Å². The van der Waals surface area contributed by atoms with Crippen LogP contribution in [-0.2, 0) is 24.2 Å². The maximum atomic E-state index is 11.6. The zero-order valence-electron chi connectivity index (χ0n) is 9.54. The van der Waals surface area contributed by atoms with Gasteiger partial charge in [0.2, 0.25) is 11.8 Å². The minimum atomic E-state index is -3.48. The molecule has 2 amide bonds. The predicted octanol–water partition coefficient (Wildman–Crippen LogP) is -1.93. The van der Waals surface area contributed by atoms with Gasteiger partial charge in [0.15, 0.2) is 5.78 Å². The third-order valence-electron chi connectivity index (χ3n) is 2.46. The fourth-order valence-electron chi connectivity index (χ4n) is 1.66. The topological polar surface area (TPSA) is 115 Å². The molecule has 1 aliphatic heterocycles. The van der Waals surface area contributed by atoms with Crippen LogP contribution in [0.15, 0.2) is 0 Å². The molecule has 0 aliphatic carbocycles. The van der Waals surface area contributed by atoms with Crippen LogP contribution < -0.4 is 5.73 Å². The summed E-state index contributed by atoms with van der Waals surface area (Å²) in [6, 6.07) is -2.25. The molecule has 1 fully saturated rings. The van der Waals surface area contributed by atoms with Crippen LogP contribution in [0.5, 0.6) is 0 Å². The Kier molecular flexibility index (Phi) is 3.68. The monoisotopic (exact) mass is 262 g/mol. The quantitative estimate of drug-likeness (QED) is 0.590. The molecule has 0 radical (unpaired) electrons. The molecule has 96 valence electrons. The number of carbonyl (C=O) groups is 3. The first-order chi connectivity index (χ1) is 7.63. The van der Waals surface area contributed by atoms with Crippen molar-refractivity contribution in [1.29, 1.82) is 0 Å². The summed E-state index contributed by atoms with van der Waals surface area (Å²) in [5.41, 5.74) is 5.39. The predicted molar refractivity (Wildman–Crippen MR) is 58.6 cm³/mol. The number of nitrogens with two attached hydrogens (primary N) is 1. The van der Waals surface area contributed by atoms with Crippen molar-refractivity contribution >= 4 is 27.4 Å². The van der Waals surface area contributed by atoms with Gasteiger partial charge >= 0.3 is 0 Å². The van der Waals surface area contributed by atoms with Crippen LogP contribution in [-0.4, -0.2) is 55.0 Å². The molecule has 1 aliphatic rings. The number of ketones is 1. The smallest absolute Gasteiger partial charge is 0.247 e. The van der Waals surface area contributed by atoms with Crippen LogP contribution in [0.2, 0.25) is 0 Å². The van der Waals surface area contributed by atoms with E-state index in [1.54, 1.807) is 0 Å². The van der Waals surface area contributed by atoms with Gasteiger partial charge in [0, 0.05) is 6.26 Å². The van der Waals surface area contributed by atoms with E-state index in [9.17, 15) is 22.8 Å². The van der Waals surface area contributed by atoms with Gasteiger partial charge in [-0.3, -0.25) is 19.3 Å². The molecule has 0 bridgehead atoms. The Bertz CT molecular complexity index is 470. The van der Waals surface area contributed by atoms with E-state index in [1.165, 1.54) is 0 Å². The Balaban J connectivity index is 3.04. The lowest BCUT2D eigenvalue weighted by molar-refractivity contribution is -0.145. The van der Waals surface area contributed by atoms with E-state index in [0.717, 1.165) is 13.2 Å². The number of Topliss-reactive ketones (excluding diaryl/α,β-unsaturated/α-hetero) is 1. The van der Waals surface area contributed by atoms with Gasteiger partial charge in [-0.1, -0.05) is 0 Å². The van der Waals surface area contributed by atoms with Crippen LogP contribution in [0.25, 0.3) is 0 Å². The molecule has 1 rings (SSSR count). The normalized spacial score (nSPS) is 23.0. The Labute approximate surface area is 98.9 Å². The van der Waals surface area contributed by atoms with Crippen LogP contribution in [0.1, 0.15) is 13.3 Å². The summed E-state index contributed by atoms with van der Waals surface area (Å²) < 4.78 is 22.3. The number of hydrogen-bond donors (Lipinski definition) is 1. The largest absolute Gasteiger partial charge is 0.319 e. The first-order valence-electron chi connectivity index (χ1n) is 4.93. The van der Waals surface area contributed by atoms with E-state index in [4.69, 9.17) is 5.73 Å². The SMILES string of the molecule is CC(=O)C(CS(C)(=O)=O)N1C(=O)CC(N)C1=O. The lowest BCUT2D eigenvalue weighted by atomic mass is 10.2. The summed E-state index contributed by atoms with van der Waals surface area (Å²) in [6.07, 6.45) is 0.750. The molecule has 17 heavy (non-hydrogen) atoms. The highest BCUT2D eigenvalue weighted by atomic mass is 32.2. The molecule has 0 aromatic carbocycles. The second-order valence-electron chi connectivity index (χ2n) is 4.13. The minimum Gasteiger partial charge on any atom is -0.319 e. The average molecular weight is 262 g/mol. The van der Waals surface area contributed by atoms with Gasteiger partial charge in [-0.2, -0.15) is 0 Å². The van der Waals surface area contributed by atoms with Crippen molar-refractivity contribution in [3.8, 4) is 0 Å². The average Bonchev–Trinajstić information content (AvgIpc) is 2.36. The number of carbonyl (C=O) groups excluding carboxylic acids is 3. The summed E-state index contributed by atoms with van der Waals surface area (Å²) in [7, 11) is -3.48. The fourth-order valence-corrected chi connectivity index (χ4v) is 2.62. The summed E-state index contributed by atoms with van der Waals surface area (Å²) >= 11 is 0. The van der Waals surface area contributed by atoms with Crippen molar-refractivity contribution in [2.75, 3.05) is 12.0 Å². The van der Waals surface area contributed by atoms with Crippen molar-refractivity contribution in [2.45, 2.75) is 25.4 Å². The van der Waals surface area contributed by atoms with Crippen LogP contribution >= 0.6 is 0 Å². The molecular formula is C9H14N2O5S. The van der Waals surface area contributed by atoms with E-state index in [0.29, 0.717) is 4.90 Å². The molecular weight excluding hydrogens is 248 g/mol. The number of rotatable bonds is 4. The second kappa shape index (κ2) is 4.53. The number of imide groups is 1. The highest BCUT2D eigenvalue weighted by Crippen LogP contribution is 2.16. The van der Waals surface area contributed by atoms with Crippen molar-refractivity contribution in [2.24, 2.45) is 5.73 Å². The molecule has 2 atom stereocenters. The highest BCUT2D eigenvalue weighted by Gasteiger charge is 2.43. The standard InChI is InChI=1S/C9H14N2O5S/c1-5(12)7(4-17(2,15)16)11-8(13)3-6(10)9(11)14/h6-7H,3-4,10H2,1-2H3. The fraction of sp³-hybridized carbons (Fsp3) is 0.667. The van der Waals surface area contributed by atoms with E-state index in [-0.39, 0.29) is 6.42 Å². The molecule has 1 heterocycles. The van der Waals surface area contributed by atoms with Crippen molar-refractivity contribution in [3.05, 3.63) is 0 Å². The second-order valence-corrected chi connectivity index (χ2v) is 6.32. The minimum absolute atomic E-state index is 0.188. The molecule has 1 saturated heterocycles. The maximum absolute atomic E-state index is 11.6. The van der Waals surface area contributed by atoms with Crippen molar-refractivity contribution in [1.82, 2.24) is 4.90 Å². The first-order valence-corrected chi connectivity index (χ1v) is 6.99. The molecule has 8 heteroatoms. The molecule has 0 saturated carbocycles. The zero-order chi connectivity index (χ0) is 13.4. The Morgan fingerprint density at radius 3 is 2.35 bits per heavy atom. The summed E-state index contributed by atoms with van der Waals surface area (Å²) in [5, 5.41) is 0. The van der Waals surface area contributed by atoms with Gasteiger partial charge in [-0.05, 0) is 6.92 Å². The van der Waals surface area contributed by atoms with Crippen molar-refractivity contribution in [3.63, 3.8) is 0 Å². The maximum Gasteiger partial charge on any atom is 0.247 e. The van der Waals surface area contributed by atoms with Gasteiger partial charge in [-0.25, -0.2) is 8.42 Å². The molecule has 0 aromatic heterocycles. The first kappa shape index (κ1) is 13.8. The molecule has 0 spiro atoms. The highest BCUT2D eigenvalue weighted by molar-refractivity contribution is 7.90. The Hall–Kier alpha value is -1.28. The van der Waals surface area contributed by atoms with Crippen LogP contribution in [0, 0.1) is 0 Å². The van der Waals surface area contributed by atoms with Gasteiger partial charge in [0.1, 0.15) is 15.9 Å². The molecule has 2 unspecified atom stereocenters. The Morgan fingerprint density at radius 1 is 1.53 bits per heavy atom. The molecule has 2 N–H and O–H groups in total. The van der Waals surface area contributed by atoms with Crippen LogP contribution in [0.4, 0.5) is 0 Å².